The Hall–Kier alpha value is -2.60. The van der Waals surface area contributed by atoms with Crippen LogP contribution in [0.3, 0.4) is 0 Å². The van der Waals surface area contributed by atoms with E-state index in [0.717, 1.165) is 31.4 Å². The molecule has 3 aromatic rings. The van der Waals surface area contributed by atoms with Gasteiger partial charge in [0.25, 0.3) is 5.91 Å². The summed E-state index contributed by atoms with van der Waals surface area (Å²) in [5, 5.41) is 1.19. The Bertz CT molecular complexity index is 944. The van der Waals surface area contributed by atoms with Gasteiger partial charge in [0.1, 0.15) is 0 Å². The van der Waals surface area contributed by atoms with Crippen LogP contribution in [0.15, 0.2) is 42.5 Å². The molecule has 1 fully saturated rings. The summed E-state index contributed by atoms with van der Waals surface area (Å²) in [5.74, 6) is 1.73. The van der Waals surface area contributed by atoms with Gasteiger partial charge in [-0.25, -0.2) is 4.98 Å². The van der Waals surface area contributed by atoms with Gasteiger partial charge in [0.2, 0.25) is 0 Å². The highest BCUT2D eigenvalue weighted by Gasteiger charge is 2.27. The van der Waals surface area contributed by atoms with Crippen LogP contribution in [0.2, 0.25) is 0 Å². The molecule has 0 atom stereocenters. The van der Waals surface area contributed by atoms with Gasteiger partial charge in [0.05, 0.1) is 28.9 Å². The van der Waals surface area contributed by atoms with Crippen LogP contribution >= 0.6 is 11.3 Å². The highest BCUT2D eigenvalue weighted by Crippen LogP contribution is 2.34. The zero-order valence-corrected chi connectivity index (χ0v) is 17.0. The first kappa shape index (κ1) is 18.7. The lowest BCUT2D eigenvalue weighted by atomic mass is 9.97. The Morgan fingerprint density at radius 1 is 1.18 bits per heavy atom. The van der Waals surface area contributed by atoms with Crippen LogP contribution in [0.1, 0.15) is 41.0 Å². The second kappa shape index (κ2) is 8.19. The minimum absolute atomic E-state index is 0.0476. The van der Waals surface area contributed by atoms with Gasteiger partial charge < -0.3 is 14.4 Å². The second-order valence-corrected chi connectivity index (χ2v) is 7.95. The molecule has 2 heterocycles. The van der Waals surface area contributed by atoms with E-state index in [1.807, 2.05) is 24.0 Å². The largest absolute Gasteiger partial charge is 0.493 e. The van der Waals surface area contributed by atoms with Gasteiger partial charge in [-0.3, -0.25) is 4.79 Å². The lowest BCUT2D eigenvalue weighted by molar-refractivity contribution is 0.0712. The first-order chi connectivity index (χ1) is 13.7. The fourth-order valence-electron chi connectivity index (χ4n) is 3.65. The zero-order chi connectivity index (χ0) is 19.5. The number of aromatic nitrogens is 1. The predicted molar refractivity (Wildman–Crippen MR) is 112 cm³/mol. The van der Waals surface area contributed by atoms with Crippen LogP contribution in [0.4, 0.5) is 0 Å². The monoisotopic (exact) mass is 396 g/mol. The summed E-state index contributed by atoms with van der Waals surface area (Å²) in [5.41, 5.74) is 1.71. The highest BCUT2D eigenvalue weighted by atomic mass is 32.1. The molecule has 5 nitrogen and oxygen atoms in total. The van der Waals surface area contributed by atoms with Crippen LogP contribution in [-0.2, 0) is 0 Å². The van der Waals surface area contributed by atoms with Gasteiger partial charge in [0, 0.05) is 24.6 Å². The molecule has 28 heavy (non-hydrogen) atoms. The summed E-state index contributed by atoms with van der Waals surface area (Å²) < 4.78 is 12.2. The van der Waals surface area contributed by atoms with E-state index in [2.05, 4.69) is 18.2 Å². The minimum Gasteiger partial charge on any atom is -0.493 e. The van der Waals surface area contributed by atoms with E-state index in [1.54, 1.807) is 30.6 Å². The summed E-state index contributed by atoms with van der Waals surface area (Å²) in [7, 11) is 1.60. The number of carbonyl (C=O) groups excluding carboxylic acids is 1. The molecule has 0 aliphatic carbocycles. The summed E-state index contributed by atoms with van der Waals surface area (Å²) in [4.78, 5) is 19.7. The van der Waals surface area contributed by atoms with Crippen molar-refractivity contribution in [2.24, 2.45) is 0 Å². The molecule has 0 saturated carbocycles. The molecule has 1 amide bonds. The summed E-state index contributed by atoms with van der Waals surface area (Å²) in [6.07, 6.45) is 1.89. The van der Waals surface area contributed by atoms with Gasteiger partial charge in [-0.1, -0.05) is 12.1 Å². The SMILES string of the molecule is CCOc1cc(C(=O)N2CCC(c3nc4ccccc4s3)CC2)ccc1OC. The molecule has 0 spiro atoms. The average molecular weight is 397 g/mol. The minimum atomic E-state index is 0.0476. The Morgan fingerprint density at radius 3 is 2.68 bits per heavy atom. The molecule has 1 aromatic heterocycles. The van der Waals surface area contributed by atoms with Gasteiger partial charge in [-0.15, -0.1) is 11.3 Å². The van der Waals surface area contributed by atoms with E-state index in [9.17, 15) is 4.79 Å². The van der Waals surface area contributed by atoms with Crippen LogP contribution in [-0.4, -0.2) is 42.6 Å². The Morgan fingerprint density at radius 2 is 1.96 bits per heavy atom. The normalized spacial score (nSPS) is 15.0. The number of ether oxygens (including phenoxy) is 2. The third kappa shape index (κ3) is 3.69. The highest BCUT2D eigenvalue weighted by molar-refractivity contribution is 7.18. The van der Waals surface area contributed by atoms with Crippen LogP contribution < -0.4 is 9.47 Å². The number of benzene rings is 2. The number of hydrogen-bond donors (Lipinski definition) is 0. The van der Waals surface area contributed by atoms with Crippen LogP contribution in [0.5, 0.6) is 11.5 Å². The summed E-state index contributed by atoms with van der Waals surface area (Å²) in [6, 6.07) is 13.7. The maximum absolute atomic E-state index is 13.0. The van der Waals surface area contributed by atoms with Crippen molar-refractivity contribution in [2.45, 2.75) is 25.7 Å². The molecule has 0 N–H and O–H groups in total. The number of rotatable bonds is 5. The van der Waals surface area contributed by atoms with Crippen molar-refractivity contribution in [3.63, 3.8) is 0 Å². The van der Waals surface area contributed by atoms with Crippen molar-refractivity contribution >= 4 is 27.5 Å². The number of para-hydroxylation sites is 1. The molecule has 0 radical (unpaired) electrons. The van der Waals surface area contributed by atoms with Crippen LogP contribution in [0.25, 0.3) is 10.2 Å². The van der Waals surface area contributed by atoms with Gasteiger partial charge in [-0.05, 0) is 50.1 Å². The molecule has 1 saturated heterocycles. The van der Waals surface area contributed by atoms with Crippen LogP contribution in [0, 0.1) is 0 Å². The van der Waals surface area contributed by atoms with Gasteiger partial charge >= 0.3 is 0 Å². The van der Waals surface area contributed by atoms with Crippen molar-refractivity contribution in [1.29, 1.82) is 0 Å². The van der Waals surface area contributed by atoms with Crippen molar-refractivity contribution in [3.05, 3.63) is 53.0 Å². The Balaban J connectivity index is 1.44. The number of amides is 1. The fraction of sp³-hybridized carbons (Fsp3) is 0.364. The molecular weight excluding hydrogens is 372 g/mol. The molecule has 0 bridgehead atoms. The molecular formula is C22H24N2O3S. The van der Waals surface area contributed by atoms with E-state index < -0.39 is 0 Å². The number of nitrogens with zero attached hydrogens (tertiary/aromatic N) is 2. The van der Waals surface area contributed by atoms with Crippen molar-refractivity contribution in [3.8, 4) is 11.5 Å². The topological polar surface area (TPSA) is 51.7 Å². The molecule has 0 unspecified atom stereocenters. The molecule has 2 aromatic carbocycles. The number of thiazole rings is 1. The first-order valence-electron chi connectivity index (χ1n) is 9.65. The van der Waals surface area contributed by atoms with E-state index >= 15 is 0 Å². The summed E-state index contributed by atoms with van der Waals surface area (Å²) >= 11 is 1.78. The standard InChI is InChI=1S/C22H24N2O3S/c1-3-27-19-14-16(8-9-18(19)26-2)22(25)24-12-10-15(11-13-24)21-23-17-6-4-5-7-20(17)28-21/h4-9,14-15H,3,10-13H2,1-2H3. The number of likely N-dealkylation sites (tertiary alicyclic amines) is 1. The van der Waals surface area contributed by atoms with Gasteiger partial charge in [-0.2, -0.15) is 0 Å². The fourth-order valence-corrected chi connectivity index (χ4v) is 4.79. The molecule has 146 valence electrons. The molecule has 1 aliphatic rings. The van der Waals surface area contributed by atoms with E-state index in [4.69, 9.17) is 14.5 Å². The molecule has 6 heteroatoms. The smallest absolute Gasteiger partial charge is 0.253 e. The lowest BCUT2D eigenvalue weighted by Crippen LogP contribution is -2.37. The maximum atomic E-state index is 13.0. The van der Waals surface area contributed by atoms with Gasteiger partial charge in [0.15, 0.2) is 11.5 Å². The second-order valence-electron chi connectivity index (χ2n) is 6.88. The number of hydrogen-bond acceptors (Lipinski definition) is 5. The number of methoxy groups -OCH3 is 1. The quantitative estimate of drug-likeness (QED) is 0.626. The number of fused-ring (bicyclic) bond motifs is 1. The van der Waals surface area contributed by atoms with E-state index in [-0.39, 0.29) is 5.91 Å². The molecule has 1 aliphatic heterocycles. The third-order valence-electron chi connectivity index (χ3n) is 5.15. The van der Waals surface area contributed by atoms with Crippen molar-refractivity contribution in [2.75, 3.05) is 26.8 Å². The average Bonchev–Trinajstić information content (AvgIpc) is 3.18. The summed E-state index contributed by atoms with van der Waals surface area (Å²) in [6.45, 7) is 3.94. The molecule has 4 rings (SSSR count). The first-order valence-corrected chi connectivity index (χ1v) is 10.5. The lowest BCUT2D eigenvalue weighted by Gasteiger charge is -2.31. The van der Waals surface area contributed by atoms with E-state index in [0.29, 0.717) is 29.6 Å². The Labute approximate surface area is 168 Å². The van der Waals surface area contributed by atoms with E-state index in [1.165, 1.54) is 9.71 Å². The zero-order valence-electron chi connectivity index (χ0n) is 16.2. The third-order valence-corrected chi connectivity index (χ3v) is 6.35. The number of carbonyl (C=O) groups is 1. The van der Waals surface area contributed by atoms with Crippen molar-refractivity contribution < 1.29 is 14.3 Å². The number of piperidine rings is 1. The maximum Gasteiger partial charge on any atom is 0.253 e. The predicted octanol–water partition coefficient (Wildman–Crippen LogP) is 4.72. The van der Waals surface area contributed by atoms with Crippen molar-refractivity contribution in [1.82, 2.24) is 9.88 Å². The Kier molecular flexibility index (Phi) is 5.48.